The Morgan fingerprint density at radius 2 is 1.82 bits per heavy atom. The van der Waals surface area contributed by atoms with E-state index in [-0.39, 0.29) is 40.6 Å². The van der Waals surface area contributed by atoms with Gasteiger partial charge in [-0.3, -0.25) is 9.59 Å². The highest BCUT2D eigenvalue weighted by Crippen LogP contribution is 2.53. The first-order valence-electron chi connectivity index (χ1n) is 11.7. The minimum Gasteiger partial charge on any atom is -0.365 e. The number of pyridine rings is 1. The van der Waals surface area contributed by atoms with Gasteiger partial charge in [0.15, 0.2) is 0 Å². The minimum atomic E-state index is -2.94. The van der Waals surface area contributed by atoms with Crippen LogP contribution in [0.5, 0.6) is 0 Å². The second kappa shape index (κ2) is 8.15. The van der Waals surface area contributed by atoms with E-state index in [0.717, 1.165) is 25.6 Å². The molecule has 2 aliphatic carbocycles. The molecule has 34 heavy (non-hydrogen) atoms. The van der Waals surface area contributed by atoms with Crippen LogP contribution >= 0.6 is 0 Å². The standard InChI is InChI=1S/C25H29F3N4O2/c1-12-7-19(12)31-11-18(25(29)34)20(8-21(31)33)32(23-16-9-30(3)10-17(16)23)13(2)14-5-4-6-15(22(14)26)24(27)28/h4-6,8,11-13,16-17,19,23-24H,7,9-10H2,1-3H3,(H2,29,34)/t12-,13+,16?,17?,19+,23?/m0/s1. The number of carbonyl (C=O) groups excluding carboxylic acids is 1. The Morgan fingerprint density at radius 3 is 2.38 bits per heavy atom. The molecule has 2 aromatic rings. The van der Waals surface area contributed by atoms with E-state index in [9.17, 15) is 18.4 Å². The van der Waals surface area contributed by atoms with Crippen molar-refractivity contribution >= 4 is 11.6 Å². The molecule has 0 radical (unpaired) electrons. The lowest BCUT2D eigenvalue weighted by molar-refractivity contribution is 0.0999. The Bertz CT molecular complexity index is 1190. The van der Waals surface area contributed by atoms with Crippen molar-refractivity contribution in [1.82, 2.24) is 9.47 Å². The zero-order chi connectivity index (χ0) is 24.5. The molecule has 2 unspecified atom stereocenters. The molecular weight excluding hydrogens is 445 g/mol. The Labute approximate surface area is 196 Å². The average Bonchev–Trinajstić information content (AvgIpc) is 3.61. The van der Waals surface area contributed by atoms with Gasteiger partial charge in [-0.05, 0) is 38.1 Å². The van der Waals surface area contributed by atoms with Crippen molar-refractivity contribution in [2.24, 2.45) is 23.5 Å². The number of primary amides is 1. The van der Waals surface area contributed by atoms with Gasteiger partial charge in [-0.2, -0.15) is 0 Å². The third-order valence-corrected chi connectivity index (χ3v) is 7.84. The van der Waals surface area contributed by atoms with Crippen LogP contribution in [0.1, 0.15) is 60.3 Å². The number of rotatable bonds is 7. The van der Waals surface area contributed by atoms with Crippen LogP contribution in [0, 0.1) is 23.6 Å². The molecule has 2 heterocycles. The highest BCUT2D eigenvalue weighted by molar-refractivity contribution is 5.98. The van der Waals surface area contributed by atoms with Crippen molar-refractivity contribution < 1.29 is 18.0 Å². The molecule has 5 rings (SSSR count). The molecule has 3 fully saturated rings. The largest absolute Gasteiger partial charge is 0.365 e. The predicted molar refractivity (Wildman–Crippen MR) is 123 cm³/mol. The number of nitrogens with zero attached hydrogens (tertiary/aromatic N) is 3. The average molecular weight is 475 g/mol. The van der Waals surface area contributed by atoms with Gasteiger partial charge in [-0.1, -0.05) is 25.1 Å². The Morgan fingerprint density at radius 1 is 1.21 bits per heavy atom. The van der Waals surface area contributed by atoms with E-state index in [1.807, 2.05) is 18.9 Å². The quantitative estimate of drug-likeness (QED) is 0.664. The zero-order valence-electron chi connectivity index (χ0n) is 19.4. The van der Waals surface area contributed by atoms with E-state index in [2.05, 4.69) is 4.90 Å². The Hall–Kier alpha value is -2.81. The summed E-state index contributed by atoms with van der Waals surface area (Å²) >= 11 is 0. The molecule has 9 heteroatoms. The smallest absolute Gasteiger partial charge is 0.266 e. The van der Waals surface area contributed by atoms with Crippen LogP contribution in [-0.2, 0) is 0 Å². The molecule has 1 aromatic carbocycles. The van der Waals surface area contributed by atoms with Crippen LogP contribution < -0.4 is 16.2 Å². The highest BCUT2D eigenvalue weighted by atomic mass is 19.3. The summed E-state index contributed by atoms with van der Waals surface area (Å²) in [6.45, 7) is 5.43. The van der Waals surface area contributed by atoms with Crippen LogP contribution in [0.25, 0.3) is 0 Å². The van der Waals surface area contributed by atoms with E-state index >= 15 is 4.39 Å². The lowest BCUT2D eigenvalue weighted by atomic mass is 10.0. The molecule has 1 saturated heterocycles. The number of likely N-dealkylation sites (tertiary alicyclic amines) is 1. The van der Waals surface area contributed by atoms with Crippen LogP contribution in [0.15, 0.2) is 35.3 Å². The summed E-state index contributed by atoms with van der Waals surface area (Å²) in [7, 11) is 2.02. The Kier molecular flexibility index (Phi) is 5.50. The maximum Gasteiger partial charge on any atom is 0.266 e. The number of aromatic nitrogens is 1. The van der Waals surface area contributed by atoms with E-state index in [0.29, 0.717) is 11.6 Å². The molecule has 1 aromatic heterocycles. The number of piperidine rings is 1. The van der Waals surface area contributed by atoms with Gasteiger partial charge in [-0.25, -0.2) is 13.2 Å². The van der Waals surface area contributed by atoms with Gasteiger partial charge in [0.1, 0.15) is 5.82 Å². The monoisotopic (exact) mass is 474 g/mol. The summed E-state index contributed by atoms with van der Waals surface area (Å²) in [4.78, 5) is 29.7. The maximum absolute atomic E-state index is 15.2. The first-order valence-corrected chi connectivity index (χ1v) is 11.7. The van der Waals surface area contributed by atoms with E-state index in [1.165, 1.54) is 24.4 Å². The number of halogens is 3. The molecule has 1 amide bonds. The summed E-state index contributed by atoms with van der Waals surface area (Å²) < 4.78 is 43.6. The third kappa shape index (κ3) is 3.70. The second-order valence-corrected chi connectivity index (χ2v) is 10.1. The number of alkyl halides is 2. The van der Waals surface area contributed by atoms with E-state index in [1.54, 1.807) is 11.5 Å². The molecule has 2 saturated carbocycles. The van der Waals surface area contributed by atoms with Crippen molar-refractivity contribution in [1.29, 1.82) is 0 Å². The number of carbonyl (C=O) groups is 1. The number of fused-ring (bicyclic) bond motifs is 1. The normalized spacial score (nSPS) is 28.6. The fourth-order valence-electron chi connectivity index (χ4n) is 5.85. The second-order valence-electron chi connectivity index (χ2n) is 10.1. The number of anilines is 1. The lowest BCUT2D eigenvalue weighted by Gasteiger charge is -2.36. The molecular formula is C25H29F3N4O2. The topological polar surface area (TPSA) is 71.6 Å². The molecule has 182 valence electrons. The van der Waals surface area contributed by atoms with Crippen molar-refractivity contribution in [2.45, 2.75) is 44.8 Å². The van der Waals surface area contributed by atoms with Gasteiger partial charge in [0.25, 0.3) is 17.9 Å². The van der Waals surface area contributed by atoms with Crippen molar-refractivity contribution in [3.63, 3.8) is 0 Å². The molecule has 1 aliphatic heterocycles. The fraction of sp³-hybridized carbons (Fsp3) is 0.520. The minimum absolute atomic E-state index is 0.0275. The van der Waals surface area contributed by atoms with Crippen LogP contribution in [-0.4, -0.2) is 41.6 Å². The zero-order valence-corrected chi connectivity index (χ0v) is 19.4. The van der Waals surface area contributed by atoms with Crippen LogP contribution in [0.4, 0.5) is 18.9 Å². The first kappa shape index (κ1) is 23.0. The summed E-state index contributed by atoms with van der Waals surface area (Å²) in [5.74, 6) is -0.748. The fourth-order valence-corrected chi connectivity index (χ4v) is 5.85. The van der Waals surface area contributed by atoms with Gasteiger partial charge < -0.3 is 20.1 Å². The summed E-state index contributed by atoms with van der Waals surface area (Å²) in [5, 5.41) is 0. The van der Waals surface area contributed by atoms with Gasteiger partial charge in [0.05, 0.1) is 22.9 Å². The number of benzene rings is 1. The number of hydrogen-bond donors (Lipinski definition) is 1. The van der Waals surface area contributed by atoms with E-state index in [4.69, 9.17) is 5.73 Å². The maximum atomic E-state index is 15.2. The lowest BCUT2D eigenvalue weighted by Crippen LogP contribution is -2.38. The third-order valence-electron chi connectivity index (χ3n) is 7.84. The van der Waals surface area contributed by atoms with Gasteiger partial charge in [0, 0.05) is 43.0 Å². The van der Waals surface area contributed by atoms with Gasteiger partial charge >= 0.3 is 0 Å². The SMILES string of the molecule is C[C@H](c1cccc(C(F)F)c1F)N(c1cc(=O)n([C@@H]2C[C@@H]2C)cc1C(N)=O)C1C2CN(C)CC21. The van der Waals surface area contributed by atoms with Crippen molar-refractivity contribution in [2.75, 3.05) is 25.0 Å². The Balaban J connectivity index is 1.63. The van der Waals surface area contributed by atoms with Crippen LogP contribution in [0.2, 0.25) is 0 Å². The molecule has 2 N–H and O–H groups in total. The van der Waals surface area contributed by atoms with E-state index < -0.39 is 29.8 Å². The highest BCUT2D eigenvalue weighted by Gasteiger charge is 2.59. The molecule has 0 bridgehead atoms. The summed E-state index contributed by atoms with van der Waals surface area (Å²) in [6.07, 6.45) is -0.577. The number of nitrogens with two attached hydrogens (primary N) is 1. The summed E-state index contributed by atoms with van der Waals surface area (Å²) in [5.41, 5.74) is 5.48. The van der Waals surface area contributed by atoms with Crippen molar-refractivity contribution in [3.05, 3.63) is 63.3 Å². The molecule has 0 spiro atoms. The number of amides is 1. The van der Waals surface area contributed by atoms with Crippen molar-refractivity contribution in [3.8, 4) is 0 Å². The first-order chi connectivity index (χ1) is 16.1. The number of hydrogen-bond acceptors (Lipinski definition) is 4. The van der Waals surface area contributed by atoms with Gasteiger partial charge in [0.2, 0.25) is 0 Å². The van der Waals surface area contributed by atoms with Crippen LogP contribution in [0.3, 0.4) is 0 Å². The predicted octanol–water partition coefficient (Wildman–Crippen LogP) is 3.73. The summed E-state index contributed by atoms with van der Waals surface area (Å²) in [6, 6.07) is 4.68. The van der Waals surface area contributed by atoms with Gasteiger partial charge in [-0.15, -0.1) is 0 Å². The molecule has 5 atom stereocenters. The molecule has 6 nitrogen and oxygen atoms in total. The molecule has 3 aliphatic rings.